The monoisotopic (exact) mass is 575 g/mol. The van der Waals surface area contributed by atoms with E-state index in [2.05, 4.69) is 16.0 Å². The van der Waals surface area contributed by atoms with E-state index in [0.717, 1.165) is 24.2 Å². The van der Waals surface area contributed by atoms with Gasteiger partial charge >= 0.3 is 0 Å². The summed E-state index contributed by atoms with van der Waals surface area (Å²) in [7, 11) is 0. The Hall–Kier alpha value is -2.95. The van der Waals surface area contributed by atoms with Crippen molar-refractivity contribution in [2.45, 2.75) is 32.1 Å². The number of para-hydroxylation sites is 1. The van der Waals surface area contributed by atoms with Crippen molar-refractivity contribution in [2.75, 3.05) is 31.5 Å². The van der Waals surface area contributed by atoms with Crippen molar-refractivity contribution in [1.82, 2.24) is 15.5 Å². The molecular weight excluding hydrogens is 545 g/mol. The van der Waals surface area contributed by atoms with Crippen LogP contribution >= 0.6 is 24.0 Å². The Balaban J connectivity index is 0.00000324. The number of amides is 3. The fraction of sp³-hybridized carbons (Fsp3) is 0.360. The molecule has 3 N–H and O–H groups in total. The molecule has 0 spiro atoms. The zero-order valence-electron chi connectivity index (χ0n) is 19.2. The fourth-order valence-corrected chi connectivity index (χ4v) is 4.25. The number of guanidine groups is 1. The number of nitrogens with one attached hydrogen (secondary N) is 3. The lowest BCUT2D eigenvalue weighted by molar-refractivity contribution is -0.116. The first-order valence-electron chi connectivity index (χ1n) is 11.4. The summed E-state index contributed by atoms with van der Waals surface area (Å²) in [5.41, 5.74) is 2.94. The zero-order chi connectivity index (χ0) is 23.2. The summed E-state index contributed by atoms with van der Waals surface area (Å²) in [4.78, 5) is 42.9. The van der Waals surface area contributed by atoms with E-state index in [0.29, 0.717) is 49.6 Å². The Morgan fingerprint density at radius 2 is 1.68 bits per heavy atom. The topological polar surface area (TPSA) is 103 Å². The number of carbonyl (C=O) groups is 3. The molecule has 8 nitrogen and oxygen atoms in total. The average molecular weight is 575 g/mol. The molecule has 0 saturated carbocycles. The molecule has 2 aliphatic rings. The molecule has 0 aliphatic carbocycles. The van der Waals surface area contributed by atoms with Crippen LogP contribution in [0.4, 0.5) is 5.69 Å². The van der Waals surface area contributed by atoms with E-state index in [9.17, 15) is 14.4 Å². The Labute approximate surface area is 216 Å². The van der Waals surface area contributed by atoms with E-state index < -0.39 is 0 Å². The van der Waals surface area contributed by atoms with Crippen LogP contribution in [0.25, 0.3) is 0 Å². The van der Waals surface area contributed by atoms with Crippen molar-refractivity contribution in [3.63, 3.8) is 0 Å². The number of hydrogen-bond donors (Lipinski definition) is 3. The van der Waals surface area contributed by atoms with Crippen molar-refractivity contribution in [3.05, 3.63) is 65.2 Å². The second-order valence-electron chi connectivity index (χ2n) is 8.20. The summed E-state index contributed by atoms with van der Waals surface area (Å²) in [6.07, 6.45) is 1.90. The lowest BCUT2D eigenvalue weighted by Gasteiger charge is -2.24. The molecule has 3 amide bonds. The molecule has 0 radical (unpaired) electrons. The third-order valence-electron chi connectivity index (χ3n) is 5.90. The maximum atomic E-state index is 12.4. The van der Waals surface area contributed by atoms with E-state index in [1.54, 1.807) is 24.3 Å². The van der Waals surface area contributed by atoms with Gasteiger partial charge in [0.1, 0.15) is 0 Å². The van der Waals surface area contributed by atoms with Crippen LogP contribution in [-0.4, -0.2) is 54.8 Å². The molecule has 9 heteroatoms. The smallest absolute Gasteiger partial charge is 0.261 e. The minimum absolute atomic E-state index is 0. The normalized spacial score (nSPS) is 17.0. The molecule has 0 saturated heterocycles. The molecule has 0 fully saturated rings. The standard InChI is InChI=1S/C25H29N5O3.HI/c1-2-26-25(28-16-17-15-22(31)29-21-12-6-5-9-18(17)21)27-13-7-8-14-30-23(32)19-10-3-4-11-20(19)24(30)33;/h3-6,9-12,17H,2,7-8,13-16H2,1H3,(H,29,31)(H2,26,27,28);1H. The molecule has 1 atom stereocenters. The van der Waals surface area contributed by atoms with Gasteiger partial charge in [0.15, 0.2) is 5.96 Å². The maximum absolute atomic E-state index is 12.4. The van der Waals surface area contributed by atoms with E-state index >= 15 is 0 Å². The summed E-state index contributed by atoms with van der Waals surface area (Å²) in [6, 6.07) is 14.8. The van der Waals surface area contributed by atoms with Gasteiger partial charge in [-0.25, -0.2) is 0 Å². The van der Waals surface area contributed by atoms with Gasteiger partial charge in [-0.15, -0.1) is 24.0 Å². The highest BCUT2D eigenvalue weighted by Gasteiger charge is 2.34. The van der Waals surface area contributed by atoms with Crippen LogP contribution in [0, 0.1) is 0 Å². The van der Waals surface area contributed by atoms with Crippen LogP contribution in [0.5, 0.6) is 0 Å². The predicted molar refractivity (Wildman–Crippen MR) is 143 cm³/mol. The predicted octanol–water partition coefficient (Wildman–Crippen LogP) is 3.36. The van der Waals surface area contributed by atoms with E-state index in [1.165, 1.54) is 4.90 Å². The minimum atomic E-state index is -0.213. The Morgan fingerprint density at radius 3 is 2.38 bits per heavy atom. The molecule has 0 aromatic heterocycles. The van der Waals surface area contributed by atoms with Crippen molar-refractivity contribution < 1.29 is 14.4 Å². The van der Waals surface area contributed by atoms with Gasteiger partial charge in [-0.3, -0.25) is 24.3 Å². The molecule has 0 bridgehead atoms. The van der Waals surface area contributed by atoms with Gasteiger partial charge < -0.3 is 16.0 Å². The number of rotatable bonds is 8. The molecule has 34 heavy (non-hydrogen) atoms. The number of carbonyl (C=O) groups excluding carboxylic acids is 3. The molecule has 2 aliphatic heterocycles. The van der Waals surface area contributed by atoms with Crippen LogP contribution in [0.3, 0.4) is 0 Å². The van der Waals surface area contributed by atoms with Crippen molar-refractivity contribution >= 4 is 53.3 Å². The van der Waals surface area contributed by atoms with Crippen molar-refractivity contribution in [3.8, 4) is 0 Å². The van der Waals surface area contributed by atoms with Crippen molar-refractivity contribution in [1.29, 1.82) is 0 Å². The van der Waals surface area contributed by atoms with Gasteiger partial charge in [-0.1, -0.05) is 30.3 Å². The van der Waals surface area contributed by atoms with Gasteiger partial charge in [-0.2, -0.15) is 0 Å². The van der Waals surface area contributed by atoms with E-state index in [4.69, 9.17) is 4.99 Å². The van der Waals surface area contributed by atoms with Crippen LogP contribution in [0.2, 0.25) is 0 Å². The highest BCUT2D eigenvalue weighted by atomic mass is 127. The summed E-state index contributed by atoms with van der Waals surface area (Å²) in [6.45, 7) is 4.30. The highest BCUT2D eigenvalue weighted by Crippen LogP contribution is 2.32. The molecule has 2 aromatic rings. The number of halogens is 1. The fourth-order valence-electron chi connectivity index (χ4n) is 4.25. The summed E-state index contributed by atoms with van der Waals surface area (Å²) in [5, 5.41) is 9.46. The quantitative estimate of drug-likeness (QED) is 0.147. The third-order valence-corrected chi connectivity index (χ3v) is 5.90. The first kappa shape index (κ1) is 25.7. The number of hydrogen-bond acceptors (Lipinski definition) is 4. The van der Waals surface area contributed by atoms with Crippen LogP contribution in [0.1, 0.15) is 58.4 Å². The van der Waals surface area contributed by atoms with E-state index in [1.807, 2.05) is 31.2 Å². The van der Waals surface area contributed by atoms with Gasteiger partial charge in [-0.05, 0) is 43.5 Å². The summed E-state index contributed by atoms with van der Waals surface area (Å²) >= 11 is 0. The van der Waals surface area contributed by atoms with Gasteiger partial charge in [0.25, 0.3) is 11.8 Å². The van der Waals surface area contributed by atoms with Gasteiger partial charge in [0, 0.05) is 37.7 Å². The number of aliphatic imine (C=N–C) groups is 1. The summed E-state index contributed by atoms with van der Waals surface area (Å²) < 4.78 is 0. The van der Waals surface area contributed by atoms with Crippen LogP contribution in [-0.2, 0) is 4.79 Å². The SMILES string of the molecule is CCNC(=NCC1CC(=O)Nc2ccccc21)NCCCCN1C(=O)c2ccccc2C1=O.I. The molecular formula is C25H30IN5O3. The van der Waals surface area contributed by atoms with Gasteiger partial charge in [0.05, 0.1) is 17.7 Å². The number of nitrogens with zero attached hydrogens (tertiary/aromatic N) is 2. The molecule has 1 unspecified atom stereocenters. The number of fused-ring (bicyclic) bond motifs is 2. The number of benzene rings is 2. The van der Waals surface area contributed by atoms with E-state index in [-0.39, 0.29) is 47.6 Å². The Kier molecular flexibility index (Phi) is 9.03. The number of unbranched alkanes of at least 4 members (excludes halogenated alkanes) is 1. The summed E-state index contributed by atoms with van der Waals surface area (Å²) in [5.74, 6) is 0.325. The zero-order valence-corrected chi connectivity index (χ0v) is 21.5. The first-order chi connectivity index (χ1) is 16.1. The van der Waals surface area contributed by atoms with Gasteiger partial charge in [0.2, 0.25) is 5.91 Å². The average Bonchev–Trinajstić information content (AvgIpc) is 3.07. The van der Waals surface area contributed by atoms with Crippen molar-refractivity contribution in [2.24, 2.45) is 4.99 Å². The Morgan fingerprint density at radius 1 is 1.00 bits per heavy atom. The third kappa shape index (κ3) is 5.75. The molecule has 180 valence electrons. The Bertz CT molecular complexity index is 1050. The lowest BCUT2D eigenvalue weighted by atomic mass is 9.91. The molecule has 2 heterocycles. The second-order valence-corrected chi connectivity index (χ2v) is 8.20. The molecule has 4 rings (SSSR count). The second kappa shape index (κ2) is 12.0. The van der Waals surface area contributed by atoms with Crippen LogP contribution < -0.4 is 16.0 Å². The number of imide groups is 1. The largest absolute Gasteiger partial charge is 0.357 e. The number of anilines is 1. The maximum Gasteiger partial charge on any atom is 0.261 e. The lowest BCUT2D eigenvalue weighted by Crippen LogP contribution is -2.38. The first-order valence-corrected chi connectivity index (χ1v) is 11.4. The minimum Gasteiger partial charge on any atom is -0.357 e. The highest BCUT2D eigenvalue weighted by molar-refractivity contribution is 14.0. The van der Waals surface area contributed by atoms with Crippen LogP contribution in [0.15, 0.2) is 53.5 Å². The molecule has 2 aromatic carbocycles.